The molecule has 0 spiro atoms. The van der Waals surface area contributed by atoms with E-state index in [1.807, 2.05) is 24.4 Å². The monoisotopic (exact) mass is 158 g/mol. The van der Waals surface area contributed by atoms with Crippen molar-refractivity contribution < 1.29 is 0 Å². The van der Waals surface area contributed by atoms with E-state index in [-0.39, 0.29) is 0 Å². The van der Waals surface area contributed by atoms with Gasteiger partial charge in [0.15, 0.2) is 0 Å². The molecule has 0 fully saturated rings. The Morgan fingerprint density at radius 2 is 2.00 bits per heavy atom. The average Bonchev–Trinajstić information content (AvgIpc) is 2.71. The van der Waals surface area contributed by atoms with Crippen LogP contribution >= 0.6 is 0 Å². The molecule has 0 saturated heterocycles. The molecule has 0 saturated carbocycles. The Morgan fingerprint density at radius 1 is 1.08 bits per heavy atom. The third-order valence-electron chi connectivity index (χ3n) is 2.03. The number of H-pyrrole nitrogens is 2. The maximum absolute atomic E-state index is 3.99. The minimum absolute atomic E-state index is 0.925. The van der Waals surface area contributed by atoms with Gasteiger partial charge in [0.2, 0.25) is 0 Å². The molecule has 12 heavy (non-hydrogen) atoms. The van der Waals surface area contributed by atoms with E-state index in [0.717, 1.165) is 21.9 Å². The minimum Gasteiger partial charge on any atom is -0.361 e. The molecule has 2 aromatic heterocycles. The third-order valence-corrected chi connectivity index (χ3v) is 2.03. The summed E-state index contributed by atoms with van der Waals surface area (Å²) in [5.74, 6) is 0. The fourth-order valence-electron chi connectivity index (χ4n) is 1.44. The molecular formula is C8H6N4. The second-order valence-electron chi connectivity index (χ2n) is 2.71. The fourth-order valence-corrected chi connectivity index (χ4v) is 1.44. The van der Waals surface area contributed by atoms with Gasteiger partial charge in [-0.05, 0) is 18.2 Å². The lowest BCUT2D eigenvalue weighted by molar-refractivity contribution is 0.960. The van der Waals surface area contributed by atoms with E-state index < -0.39 is 0 Å². The van der Waals surface area contributed by atoms with Gasteiger partial charge in [0.05, 0.1) is 5.52 Å². The highest BCUT2D eigenvalue weighted by molar-refractivity contribution is 6.02. The van der Waals surface area contributed by atoms with Crippen LogP contribution in [0.1, 0.15) is 0 Å². The molecule has 2 heterocycles. The quantitative estimate of drug-likeness (QED) is 0.520. The topological polar surface area (TPSA) is 57.4 Å². The summed E-state index contributed by atoms with van der Waals surface area (Å²) < 4.78 is 0. The molecule has 1 aromatic carbocycles. The SMILES string of the molecule is c1cc2c(ccc3[nH]nnc32)[nH]1. The van der Waals surface area contributed by atoms with E-state index in [1.165, 1.54) is 0 Å². The van der Waals surface area contributed by atoms with E-state index in [2.05, 4.69) is 20.4 Å². The first-order valence-electron chi connectivity index (χ1n) is 3.72. The predicted octanol–water partition coefficient (Wildman–Crippen LogP) is 1.44. The highest BCUT2D eigenvalue weighted by atomic mass is 15.3. The summed E-state index contributed by atoms with van der Waals surface area (Å²) in [4.78, 5) is 3.12. The molecule has 0 unspecified atom stereocenters. The van der Waals surface area contributed by atoms with Crippen LogP contribution in [-0.2, 0) is 0 Å². The number of nitrogens with zero attached hydrogens (tertiary/aromatic N) is 2. The lowest BCUT2D eigenvalue weighted by Crippen LogP contribution is -1.71. The molecule has 2 N–H and O–H groups in total. The van der Waals surface area contributed by atoms with Gasteiger partial charge in [0.1, 0.15) is 5.52 Å². The minimum atomic E-state index is 0.925. The maximum Gasteiger partial charge on any atom is 0.122 e. The number of benzene rings is 1. The first-order chi connectivity index (χ1) is 5.95. The standard InChI is InChI=1S/C8H6N4/c1-2-7-8(11-12-10-7)5-3-4-9-6(1)5/h1-4,9H,(H,10,11,12). The van der Waals surface area contributed by atoms with Gasteiger partial charge in [-0.3, -0.25) is 5.10 Å². The molecule has 4 heteroatoms. The highest BCUT2D eigenvalue weighted by Crippen LogP contribution is 2.20. The van der Waals surface area contributed by atoms with Crippen LogP contribution in [0.2, 0.25) is 0 Å². The van der Waals surface area contributed by atoms with Crippen molar-refractivity contribution in [3.63, 3.8) is 0 Å². The van der Waals surface area contributed by atoms with Crippen LogP contribution in [0, 0.1) is 0 Å². The summed E-state index contributed by atoms with van der Waals surface area (Å²) in [6.45, 7) is 0. The van der Waals surface area contributed by atoms with Gasteiger partial charge in [0, 0.05) is 17.1 Å². The zero-order valence-electron chi connectivity index (χ0n) is 6.20. The van der Waals surface area contributed by atoms with Crippen LogP contribution in [0.3, 0.4) is 0 Å². The maximum atomic E-state index is 3.99. The zero-order chi connectivity index (χ0) is 7.97. The number of rotatable bonds is 0. The zero-order valence-corrected chi connectivity index (χ0v) is 6.20. The predicted molar refractivity (Wildman–Crippen MR) is 45.7 cm³/mol. The smallest absolute Gasteiger partial charge is 0.122 e. The van der Waals surface area contributed by atoms with Gasteiger partial charge in [-0.15, -0.1) is 5.10 Å². The van der Waals surface area contributed by atoms with Crippen molar-refractivity contribution >= 4 is 21.9 Å². The molecule has 0 aliphatic heterocycles. The molecule has 3 aromatic rings. The molecule has 0 bridgehead atoms. The van der Waals surface area contributed by atoms with Crippen molar-refractivity contribution in [1.82, 2.24) is 20.4 Å². The van der Waals surface area contributed by atoms with Crippen molar-refractivity contribution in [2.24, 2.45) is 0 Å². The first kappa shape index (κ1) is 5.77. The lowest BCUT2D eigenvalue weighted by Gasteiger charge is -1.88. The Labute approximate surface area is 67.6 Å². The van der Waals surface area contributed by atoms with Crippen LogP contribution in [-0.4, -0.2) is 20.4 Å². The Kier molecular flexibility index (Phi) is 0.889. The molecule has 4 nitrogen and oxygen atoms in total. The van der Waals surface area contributed by atoms with Crippen molar-refractivity contribution in [2.45, 2.75) is 0 Å². The van der Waals surface area contributed by atoms with Crippen LogP contribution in [0.4, 0.5) is 0 Å². The molecule has 0 radical (unpaired) electrons. The largest absolute Gasteiger partial charge is 0.361 e. The van der Waals surface area contributed by atoms with Crippen LogP contribution < -0.4 is 0 Å². The lowest BCUT2D eigenvalue weighted by atomic mass is 10.2. The number of hydrogen-bond acceptors (Lipinski definition) is 2. The van der Waals surface area contributed by atoms with Gasteiger partial charge in [-0.2, -0.15) is 0 Å². The van der Waals surface area contributed by atoms with Gasteiger partial charge >= 0.3 is 0 Å². The fraction of sp³-hybridized carbons (Fsp3) is 0. The number of aromatic amines is 2. The van der Waals surface area contributed by atoms with E-state index >= 15 is 0 Å². The van der Waals surface area contributed by atoms with Crippen LogP contribution in [0.25, 0.3) is 21.9 Å². The van der Waals surface area contributed by atoms with E-state index in [9.17, 15) is 0 Å². The van der Waals surface area contributed by atoms with Crippen molar-refractivity contribution in [2.75, 3.05) is 0 Å². The highest BCUT2D eigenvalue weighted by Gasteiger charge is 2.02. The third kappa shape index (κ3) is 0.567. The van der Waals surface area contributed by atoms with Gasteiger partial charge in [0.25, 0.3) is 0 Å². The van der Waals surface area contributed by atoms with E-state index in [4.69, 9.17) is 0 Å². The molecule has 3 rings (SSSR count). The van der Waals surface area contributed by atoms with E-state index in [0.29, 0.717) is 0 Å². The number of hydrogen-bond donors (Lipinski definition) is 2. The number of aromatic nitrogens is 4. The second-order valence-corrected chi connectivity index (χ2v) is 2.71. The summed E-state index contributed by atoms with van der Waals surface area (Å²) in [6.07, 6.45) is 1.90. The molecule has 0 aliphatic rings. The Morgan fingerprint density at radius 3 is 3.00 bits per heavy atom. The Hall–Kier alpha value is -1.84. The number of fused-ring (bicyclic) bond motifs is 3. The van der Waals surface area contributed by atoms with Crippen molar-refractivity contribution in [1.29, 1.82) is 0 Å². The summed E-state index contributed by atoms with van der Waals surface area (Å²) >= 11 is 0. The molecule has 0 atom stereocenters. The van der Waals surface area contributed by atoms with Crippen LogP contribution in [0.5, 0.6) is 0 Å². The summed E-state index contributed by atoms with van der Waals surface area (Å²) in [6, 6.07) is 5.98. The molecular weight excluding hydrogens is 152 g/mol. The summed E-state index contributed by atoms with van der Waals surface area (Å²) in [5, 5.41) is 11.7. The molecule has 0 amide bonds. The second kappa shape index (κ2) is 1.85. The summed E-state index contributed by atoms with van der Waals surface area (Å²) in [5.41, 5.74) is 2.99. The first-order valence-corrected chi connectivity index (χ1v) is 3.72. The summed E-state index contributed by atoms with van der Waals surface area (Å²) in [7, 11) is 0. The molecule has 0 aliphatic carbocycles. The van der Waals surface area contributed by atoms with Crippen molar-refractivity contribution in [3.8, 4) is 0 Å². The van der Waals surface area contributed by atoms with Gasteiger partial charge in [-0.1, -0.05) is 5.21 Å². The van der Waals surface area contributed by atoms with Gasteiger partial charge < -0.3 is 4.98 Å². The number of nitrogens with one attached hydrogen (secondary N) is 2. The van der Waals surface area contributed by atoms with Crippen LogP contribution in [0.15, 0.2) is 24.4 Å². The Balaban J connectivity index is 2.71. The van der Waals surface area contributed by atoms with Gasteiger partial charge in [-0.25, -0.2) is 0 Å². The van der Waals surface area contributed by atoms with Crippen molar-refractivity contribution in [3.05, 3.63) is 24.4 Å². The average molecular weight is 158 g/mol. The molecule has 58 valence electrons. The van der Waals surface area contributed by atoms with E-state index in [1.54, 1.807) is 0 Å². The normalized spacial score (nSPS) is 11.3. The Bertz CT molecular complexity index is 484.